The number of rotatable bonds is 4. The second-order valence-electron chi connectivity index (χ2n) is 5.71. The minimum Gasteiger partial charge on any atom is -0.454 e. The quantitative estimate of drug-likeness (QED) is 0.410. The lowest BCUT2D eigenvalue weighted by atomic mass is 10.1. The first-order valence-electron chi connectivity index (χ1n) is 8.02. The molecule has 0 atom stereocenters. The third kappa shape index (κ3) is 3.45. The summed E-state index contributed by atoms with van der Waals surface area (Å²) in [7, 11) is 0. The van der Waals surface area contributed by atoms with Crippen molar-refractivity contribution in [1.29, 1.82) is 0 Å². The van der Waals surface area contributed by atoms with Crippen LogP contribution in [-0.4, -0.2) is 4.98 Å². The van der Waals surface area contributed by atoms with Gasteiger partial charge < -0.3 is 10.1 Å². The zero-order valence-corrected chi connectivity index (χ0v) is 15.1. The van der Waals surface area contributed by atoms with Crippen molar-refractivity contribution in [3.05, 3.63) is 89.2 Å². The van der Waals surface area contributed by atoms with Crippen molar-refractivity contribution in [2.24, 2.45) is 0 Å². The molecule has 4 rings (SSSR count). The van der Waals surface area contributed by atoms with Crippen LogP contribution < -0.4 is 10.1 Å². The van der Waals surface area contributed by atoms with E-state index in [9.17, 15) is 0 Å². The van der Waals surface area contributed by atoms with Gasteiger partial charge in [-0.25, -0.2) is 0 Å². The number of nitrogens with zero attached hydrogens (tertiary/aromatic N) is 1. The summed E-state index contributed by atoms with van der Waals surface area (Å²) in [5.74, 6) is 1.22. The summed E-state index contributed by atoms with van der Waals surface area (Å²) < 4.78 is 6.10. The SMILES string of the molecule is Clc1ccccc1Nc1cc2ccncc2cc1Oc1ccccc1Cl. The van der Waals surface area contributed by atoms with E-state index in [4.69, 9.17) is 27.9 Å². The maximum absolute atomic E-state index is 6.30. The molecule has 0 bridgehead atoms. The number of halogens is 2. The van der Waals surface area contributed by atoms with Gasteiger partial charge >= 0.3 is 0 Å². The van der Waals surface area contributed by atoms with E-state index in [1.54, 1.807) is 18.5 Å². The van der Waals surface area contributed by atoms with E-state index in [0.717, 1.165) is 22.1 Å². The van der Waals surface area contributed by atoms with Crippen LogP contribution in [0.25, 0.3) is 10.8 Å². The van der Waals surface area contributed by atoms with Crippen molar-refractivity contribution < 1.29 is 4.74 Å². The molecule has 26 heavy (non-hydrogen) atoms. The molecule has 0 amide bonds. The van der Waals surface area contributed by atoms with E-state index >= 15 is 0 Å². The molecule has 1 heterocycles. The minimum absolute atomic E-state index is 0.544. The predicted octanol–water partition coefficient (Wildman–Crippen LogP) is 7.08. The van der Waals surface area contributed by atoms with Crippen molar-refractivity contribution in [3.63, 3.8) is 0 Å². The van der Waals surface area contributed by atoms with Crippen LogP contribution in [0.2, 0.25) is 10.0 Å². The van der Waals surface area contributed by atoms with Gasteiger partial charge in [-0.15, -0.1) is 0 Å². The first-order valence-corrected chi connectivity index (χ1v) is 8.78. The Labute approximate surface area is 161 Å². The maximum Gasteiger partial charge on any atom is 0.151 e. The van der Waals surface area contributed by atoms with Crippen LogP contribution in [0.3, 0.4) is 0 Å². The Bertz CT molecular complexity index is 996. The zero-order chi connectivity index (χ0) is 17.9. The van der Waals surface area contributed by atoms with Crippen LogP contribution in [0.15, 0.2) is 79.1 Å². The van der Waals surface area contributed by atoms with Crippen LogP contribution in [0.4, 0.5) is 11.4 Å². The van der Waals surface area contributed by atoms with Gasteiger partial charge in [-0.2, -0.15) is 0 Å². The molecule has 0 saturated heterocycles. The van der Waals surface area contributed by atoms with Crippen LogP contribution in [0.1, 0.15) is 0 Å². The molecular formula is C21H14Cl2N2O. The van der Waals surface area contributed by atoms with Crippen molar-refractivity contribution in [2.45, 2.75) is 0 Å². The summed E-state index contributed by atoms with van der Waals surface area (Å²) in [5.41, 5.74) is 1.59. The van der Waals surface area contributed by atoms with Crippen LogP contribution in [0, 0.1) is 0 Å². The second kappa shape index (κ2) is 7.24. The molecule has 0 aliphatic carbocycles. The number of anilines is 2. The molecule has 0 saturated carbocycles. The number of hydrogen-bond acceptors (Lipinski definition) is 3. The largest absolute Gasteiger partial charge is 0.454 e. The van der Waals surface area contributed by atoms with E-state index in [1.165, 1.54) is 0 Å². The topological polar surface area (TPSA) is 34.2 Å². The van der Waals surface area contributed by atoms with Gasteiger partial charge in [-0.05, 0) is 47.9 Å². The summed E-state index contributed by atoms with van der Waals surface area (Å²) in [6.45, 7) is 0. The molecule has 1 N–H and O–H groups in total. The highest BCUT2D eigenvalue weighted by molar-refractivity contribution is 6.33. The summed E-state index contributed by atoms with van der Waals surface area (Å²) in [6, 6.07) is 20.8. The highest BCUT2D eigenvalue weighted by Crippen LogP contribution is 2.38. The van der Waals surface area contributed by atoms with E-state index in [0.29, 0.717) is 21.5 Å². The highest BCUT2D eigenvalue weighted by Gasteiger charge is 2.11. The van der Waals surface area contributed by atoms with Crippen LogP contribution in [0.5, 0.6) is 11.5 Å². The molecule has 0 radical (unpaired) electrons. The fourth-order valence-corrected chi connectivity index (χ4v) is 3.01. The third-order valence-corrected chi connectivity index (χ3v) is 4.58. The molecule has 0 unspecified atom stereocenters. The molecule has 4 aromatic rings. The van der Waals surface area contributed by atoms with Crippen LogP contribution >= 0.6 is 23.2 Å². The average Bonchev–Trinajstić information content (AvgIpc) is 2.66. The van der Waals surface area contributed by atoms with Gasteiger partial charge in [0.15, 0.2) is 5.75 Å². The molecule has 0 spiro atoms. The van der Waals surface area contributed by atoms with Gasteiger partial charge in [-0.1, -0.05) is 47.5 Å². The van der Waals surface area contributed by atoms with Gasteiger partial charge in [0, 0.05) is 17.8 Å². The summed E-state index contributed by atoms with van der Waals surface area (Å²) >= 11 is 12.5. The lowest BCUT2D eigenvalue weighted by Crippen LogP contribution is -1.96. The second-order valence-corrected chi connectivity index (χ2v) is 6.52. The lowest BCUT2D eigenvalue weighted by molar-refractivity contribution is 0.486. The van der Waals surface area contributed by atoms with E-state index in [2.05, 4.69) is 10.3 Å². The monoisotopic (exact) mass is 380 g/mol. The van der Waals surface area contributed by atoms with E-state index in [-0.39, 0.29) is 0 Å². The Balaban J connectivity index is 1.81. The predicted molar refractivity (Wildman–Crippen MR) is 108 cm³/mol. The Morgan fingerprint density at radius 1 is 0.731 bits per heavy atom. The molecular weight excluding hydrogens is 367 g/mol. The molecule has 3 aromatic carbocycles. The Morgan fingerprint density at radius 2 is 1.50 bits per heavy atom. The fraction of sp³-hybridized carbons (Fsp3) is 0. The fourth-order valence-electron chi connectivity index (χ4n) is 2.65. The van der Waals surface area contributed by atoms with Gasteiger partial charge in [0.05, 0.1) is 21.4 Å². The van der Waals surface area contributed by atoms with Crippen molar-refractivity contribution in [2.75, 3.05) is 5.32 Å². The molecule has 5 heteroatoms. The zero-order valence-electron chi connectivity index (χ0n) is 13.6. The molecule has 0 aliphatic rings. The standard InChI is InChI=1S/C21H14Cl2N2O/c22-16-5-1-3-7-18(16)25-19-11-14-9-10-24-13-15(14)12-21(19)26-20-8-4-2-6-17(20)23/h1-13,25H. The number of fused-ring (bicyclic) bond motifs is 1. The highest BCUT2D eigenvalue weighted by atomic mass is 35.5. The smallest absolute Gasteiger partial charge is 0.151 e. The average molecular weight is 381 g/mol. The number of aromatic nitrogens is 1. The van der Waals surface area contributed by atoms with Crippen molar-refractivity contribution in [1.82, 2.24) is 4.98 Å². The van der Waals surface area contributed by atoms with Gasteiger partial charge in [0.1, 0.15) is 5.75 Å². The third-order valence-electron chi connectivity index (χ3n) is 3.94. The number of ether oxygens (including phenoxy) is 1. The van der Waals surface area contributed by atoms with Gasteiger partial charge in [0.25, 0.3) is 0 Å². The molecule has 1 aromatic heterocycles. The summed E-state index contributed by atoms with van der Waals surface area (Å²) in [5, 5.41) is 6.54. The molecule has 0 fully saturated rings. The molecule has 128 valence electrons. The number of nitrogens with one attached hydrogen (secondary N) is 1. The normalized spacial score (nSPS) is 10.7. The summed E-state index contributed by atoms with van der Waals surface area (Å²) in [6.07, 6.45) is 3.56. The lowest BCUT2D eigenvalue weighted by Gasteiger charge is -2.16. The Kier molecular flexibility index (Phi) is 4.65. The summed E-state index contributed by atoms with van der Waals surface area (Å²) in [4.78, 5) is 4.18. The molecule has 3 nitrogen and oxygen atoms in total. The Hall–Kier alpha value is -2.75. The minimum atomic E-state index is 0.544. The molecule has 0 aliphatic heterocycles. The number of para-hydroxylation sites is 2. The van der Waals surface area contributed by atoms with Crippen LogP contribution in [-0.2, 0) is 0 Å². The van der Waals surface area contributed by atoms with Crippen molar-refractivity contribution >= 4 is 45.3 Å². The van der Waals surface area contributed by atoms with E-state index < -0.39 is 0 Å². The van der Waals surface area contributed by atoms with Crippen molar-refractivity contribution in [3.8, 4) is 11.5 Å². The Morgan fingerprint density at radius 3 is 2.31 bits per heavy atom. The number of benzene rings is 3. The van der Waals surface area contributed by atoms with Gasteiger partial charge in [-0.3, -0.25) is 4.98 Å². The van der Waals surface area contributed by atoms with E-state index in [1.807, 2.05) is 60.7 Å². The number of pyridine rings is 1. The first kappa shape index (κ1) is 16.7. The first-order chi connectivity index (χ1) is 12.7. The van der Waals surface area contributed by atoms with Gasteiger partial charge in [0.2, 0.25) is 0 Å². The maximum atomic E-state index is 6.30. The number of hydrogen-bond donors (Lipinski definition) is 1.